The van der Waals surface area contributed by atoms with Crippen LogP contribution >= 0.6 is 11.6 Å². The molecular formula is C16H25ClN2O. The van der Waals surface area contributed by atoms with E-state index in [1.165, 1.54) is 24.8 Å². The highest BCUT2D eigenvalue weighted by Crippen LogP contribution is 2.41. The zero-order valence-electron chi connectivity index (χ0n) is 12.3. The second-order valence-electron chi connectivity index (χ2n) is 6.15. The van der Waals surface area contributed by atoms with Crippen molar-refractivity contribution in [3.8, 4) is 0 Å². The zero-order chi connectivity index (χ0) is 13.9. The normalized spacial score (nSPS) is 29.2. The monoisotopic (exact) mass is 296 g/mol. The van der Waals surface area contributed by atoms with Crippen LogP contribution in [0.25, 0.3) is 0 Å². The summed E-state index contributed by atoms with van der Waals surface area (Å²) in [7, 11) is 1.77. The quantitative estimate of drug-likeness (QED) is 0.731. The molecule has 1 heterocycles. The fraction of sp³-hybridized carbons (Fsp3) is 0.750. The minimum Gasteiger partial charge on any atom is -0.385 e. The Morgan fingerprint density at radius 3 is 3.00 bits per heavy atom. The Hall–Kier alpha value is -0.510. The van der Waals surface area contributed by atoms with E-state index in [9.17, 15) is 0 Å². The largest absolute Gasteiger partial charge is 0.385 e. The fourth-order valence-corrected chi connectivity index (χ4v) is 3.76. The summed E-state index contributed by atoms with van der Waals surface area (Å²) in [6.45, 7) is 2.91. The molecule has 2 unspecified atom stereocenters. The second-order valence-corrected chi connectivity index (χ2v) is 6.59. The molecule has 4 heteroatoms. The first-order valence-corrected chi connectivity index (χ1v) is 8.21. The summed E-state index contributed by atoms with van der Waals surface area (Å²) >= 11 is 6.51. The number of fused-ring (bicyclic) bond motifs is 1. The van der Waals surface area contributed by atoms with Gasteiger partial charge in [-0.15, -0.1) is 0 Å². The lowest BCUT2D eigenvalue weighted by Gasteiger charge is -2.33. The predicted octanol–water partition coefficient (Wildman–Crippen LogP) is 2.88. The summed E-state index contributed by atoms with van der Waals surface area (Å²) in [5.41, 5.74) is 1.47. The molecule has 1 saturated carbocycles. The number of hydrogen-bond donors (Lipinski definition) is 1. The smallest absolute Gasteiger partial charge is 0.0479 e. The predicted molar refractivity (Wildman–Crippen MR) is 82.8 cm³/mol. The van der Waals surface area contributed by atoms with Gasteiger partial charge in [0.2, 0.25) is 0 Å². The third kappa shape index (κ3) is 3.21. The maximum Gasteiger partial charge on any atom is 0.0479 e. The van der Waals surface area contributed by atoms with Crippen LogP contribution in [-0.2, 0) is 4.74 Å². The SMILES string of the molecule is COCCCN1C=C(CNC2CC2)C2C(Cl)=CCCC21. The molecule has 0 aromatic heterocycles. The van der Waals surface area contributed by atoms with Crippen LogP contribution in [-0.4, -0.2) is 43.8 Å². The van der Waals surface area contributed by atoms with E-state index < -0.39 is 0 Å². The molecule has 0 bridgehead atoms. The highest BCUT2D eigenvalue weighted by Gasteiger charge is 2.38. The van der Waals surface area contributed by atoms with Crippen molar-refractivity contribution in [1.29, 1.82) is 0 Å². The molecule has 0 amide bonds. The van der Waals surface area contributed by atoms with E-state index in [1.807, 2.05) is 0 Å². The Morgan fingerprint density at radius 2 is 2.25 bits per heavy atom. The Labute approximate surface area is 127 Å². The lowest BCUT2D eigenvalue weighted by Crippen LogP contribution is -2.36. The van der Waals surface area contributed by atoms with Crippen LogP contribution in [0, 0.1) is 5.92 Å². The van der Waals surface area contributed by atoms with Crippen molar-refractivity contribution in [1.82, 2.24) is 10.2 Å². The van der Waals surface area contributed by atoms with E-state index in [2.05, 4.69) is 22.5 Å². The highest BCUT2D eigenvalue weighted by atomic mass is 35.5. The van der Waals surface area contributed by atoms with Gasteiger partial charge in [-0.05, 0) is 37.7 Å². The van der Waals surface area contributed by atoms with Crippen molar-refractivity contribution in [2.75, 3.05) is 26.8 Å². The van der Waals surface area contributed by atoms with E-state index in [0.717, 1.165) is 43.6 Å². The molecule has 0 aromatic rings. The van der Waals surface area contributed by atoms with E-state index >= 15 is 0 Å². The molecular weight excluding hydrogens is 272 g/mol. The number of ether oxygens (including phenoxy) is 1. The van der Waals surface area contributed by atoms with Crippen molar-refractivity contribution >= 4 is 11.6 Å². The summed E-state index contributed by atoms with van der Waals surface area (Å²) in [5, 5.41) is 4.69. The van der Waals surface area contributed by atoms with Gasteiger partial charge in [0.05, 0.1) is 0 Å². The van der Waals surface area contributed by atoms with Gasteiger partial charge in [0.1, 0.15) is 0 Å². The van der Waals surface area contributed by atoms with Crippen LogP contribution in [0.2, 0.25) is 0 Å². The van der Waals surface area contributed by atoms with E-state index in [0.29, 0.717) is 12.0 Å². The molecule has 112 valence electrons. The maximum absolute atomic E-state index is 6.51. The summed E-state index contributed by atoms with van der Waals surface area (Å²) < 4.78 is 5.18. The van der Waals surface area contributed by atoms with Crippen LogP contribution in [0.5, 0.6) is 0 Å². The molecule has 0 spiro atoms. The van der Waals surface area contributed by atoms with E-state index in [-0.39, 0.29) is 0 Å². The van der Waals surface area contributed by atoms with Crippen molar-refractivity contribution < 1.29 is 4.74 Å². The molecule has 1 aliphatic heterocycles. The van der Waals surface area contributed by atoms with Crippen LogP contribution in [0.3, 0.4) is 0 Å². The van der Waals surface area contributed by atoms with Crippen molar-refractivity contribution in [3.63, 3.8) is 0 Å². The molecule has 20 heavy (non-hydrogen) atoms. The van der Waals surface area contributed by atoms with Gasteiger partial charge in [0.25, 0.3) is 0 Å². The lowest BCUT2D eigenvalue weighted by molar-refractivity contribution is 0.170. The Bertz CT molecular complexity index is 403. The minimum atomic E-state index is 0.430. The van der Waals surface area contributed by atoms with Gasteiger partial charge in [-0.25, -0.2) is 0 Å². The maximum atomic E-state index is 6.51. The van der Waals surface area contributed by atoms with Crippen molar-refractivity contribution in [2.24, 2.45) is 5.92 Å². The van der Waals surface area contributed by atoms with Gasteiger partial charge in [0.15, 0.2) is 0 Å². The van der Waals surface area contributed by atoms with Crippen LogP contribution < -0.4 is 5.32 Å². The number of nitrogens with zero attached hydrogens (tertiary/aromatic N) is 1. The fourth-order valence-electron chi connectivity index (χ4n) is 3.37. The highest BCUT2D eigenvalue weighted by molar-refractivity contribution is 6.30. The Kier molecular flexibility index (Phi) is 4.69. The number of rotatable bonds is 7. The topological polar surface area (TPSA) is 24.5 Å². The van der Waals surface area contributed by atoms with Gasteiger partial charge in [-0.3, -0.25) is 0 Å². The van der Waals surface area contributed by atoms with Gasteiger partial charge < -0.3 is 15.0 Å². The van der Waals surface area contributed by atoms with Crippen molar-refractivity contribution in [2.45, 2.75) is 44.2 Å². The minimum absolute atomic E-state index is 0.430. The van der Waals surface area contributed by atoms with E-state index in [4.69, 9.17) is 16.3 Å². The van der Waals surface area contributed by atoms with Crippen molar-refractivity contribution in [3.05, 3.63) is 22.9 Å². The molecule has 3 aliphatic rings. The average Bonchev–Trinajstić information content (AvgIpc) is 3.20. The molecule has 2 aliphatic carbocycles. The van der Waals surface area contributed by atoms with Crippen LogP contribution in [0.4, 0.5) is 0 Å². The van der Waals surface area contributed by atoms with Crippen LogP contribution in [0.1, 0.15) is 32.1 Å². The number of nitrogens with one attached hydrogen (secondary N) is 1. The second kappa shape index (κ2) is 6.50. The first kappa shape index (κ1) is 14.4. The molecule has 0 saturated heterocycles. The van der Waals surface area contributed by atoms with Gasteiger partial charge >= 0.3 is 0 Å². The number of methoxy groups -OCH3 is 1. The standard InChI is InChI=1S/C16H25ClN2O/c1-20-9-3-8-19-11-12(10-18-13-6-7-13)16-14(17)4-2-5-15(16)19/h4,11,13,15-16,18H,2-3,5-10H2,1H3. The molecule has 2 atom stereocenters. The Balaban J connectivity index is 1.65. The molecule has 3 rings (SSSR count). The van der Waals surface area contributed by atoms with Gasteiger partial charge in [0, 0.05) is 56.0 Å². The zero-order valence-corrected chi connectivity index (χ0v) is 13.0. The number of halogens is 1. The summed E-state index contributed by atoms with van der Waals surface area (Å²) in [6, 6.07) is 1.32. The summed E-state index contributed by atoms with van der Waals surface area (Å²) in [6.07, 6.45) is 10.7. The average molecular weight is 297 g/mol. The van der Waals surface area contributed by atoms with E-state index in [1.54, 1.807) is 7.11 Å². The van der Waals surface area contributed by atoms with Gasteiger partial charge in [-0.2, -0.15) is 0 Å². The van der Waals surface area contributed by atoms with Crippen LogP contribution in [0.15, 0.2) is 22.9 Å². The first-order chi connectivity index (χ1) is 9.79. The molecule has 3 nitrogen and oxygen atoms in total. The number of hydrogen-bond acceptors (Lipinski definition) is 3. The molecule has 0 radical (unpaired) electrons. The molecule has 1 fully saturated rings. The Morgan fingerprint density at radius 1 is 1.40 bits per heavy atom. The number of allylic oxidation sites excluding steroid dienone is 1. The third-order valence-electron chi connectivity index (χ3n) is 4.58. The molecule has 0 aromatic carbocycles. The molecule has 1 N–H and O–H groups in total. The van der Waals surface area contributed by atoms with Gasteiger partial charge in [-0.1, -0.05) is 17.7 Å². The summed E-state index contributed by atoms with van der Waals surface area (Å²) in [5.74, 6) is 0.430. The lowest BCUT2D eigenvalue weighted by atomic mass is 9.86. The summed E-state index contributed by atoms with van der Waals surface area (Å²) in [4.78, 5) is 2.50. The first-order valence-electron chi connectivity index (χ1n) is 7.84. The third-order valence-corrected chi connectivity index (χ3v) is 4.97.